The van der Waals surface area contributed by atoms with E-state index in [1.165, 1.54) is 24.3 Å². The summed E-state index contributed by atoms with van der Waals surface area (Å²) in [5.74, 6) is -3.08. The maximum atomic E-state index is 13.2. The van der Waals surface area contributed by atoms with Gasteiger partial charge in [0.25, 0.3) is 5.91 Å². The van der Waals surface area contributed by atoms with Crippen molar-refractivity contribution < 1.29 is 18.0 Å². The zero-order valence-electron chi connectivity index (χ0n) is 10.8. The van der Waals surface area contributed by atoms with E-state index in [1.54, 1.807) is 0 Å². The molecule has 2 aromatic carbocycles. The summed E-state index contributed by atoms with van der Waals surface area (Å²) in [5.41, 5.74) is 0.101. The number of hydrogen-bond acceptors (Lipinski definition) is 2. The second-order valence-electron chi connectivity index (χ2n) is 4.47. The standard InChI is InChI=1S/C15H7ClF3NOS/c16-13-9-3-1-7(17)5-12(9)22-14(13)15(21)20-8-2-4-10(18)11(19)6-8/h1-6H,(H,20,21). The molecule has 0 atom stereocenters. The van der Waals surface area contributed by atoms with Crippen molar-refractivity contribution in [2.75, 3.05) is 5.32 Å². The van der Waals surface area contributed by atoms with Gasteiger partial charge in [-0.1, -0.05) is 11.6 Å². The molecule has 7 heteroatoms. The number of rotatable bonds is 2. The van der Waals surface area contributed by atoms with Crippen LogP contribution in [0.1, 0.15) is 9.67 Å². The Morgan fingerprint density at radius 3 is 2.55 bits per heavy atom. The fourth-order valence-corrected chi connectivity index (χ4v) is 3.38. The van der Waals surface area contributed by atoms with Gasteiger partial charge in [0, 0.05) is 21.8 Å². The van der Waals surface area contributed by atoms with Gasteiger partial charge in [-0.15, -0.1) is 11.3 Å². The number of amides is 1. The molecular formula is C15H7ClF3NOS. The van der Waals surface area contributed by atoms with Gasteiger partial charge in [-0.2, -0.15) is 0 Å². The highest BCUT2D eigenvalue weighted by Crippen LogP contribution is 2.36. The molecule has 112 valence electrons. The van der Waals surface area contributed by atoms with Crippen LogP contribution >= 0.6 is 22.9 Å². The van der Waals surface area contributed by atoms with Crippen LogP contribution in [0.4, 0.5) is 18.9 Å². The van der Waals surface area contributed by atoms with Crippen molar-refractivity contribution in [2.24, 2.45) is 0 Å². The highest BCUT2D eigenvalue weighted by molar-refractivity contribution is 7.21. The lowest BCUT2D eigenvalue weighted by atomic mass is 10.2. The van der Waals surface area contributed by atoms with Gasteiger partial charge in [0.1, 0.15) is 10.7 Å². The lowest BCUT2D eigenvalue weighted by Crippen LogP contribution is -2.11. The molecule has 1 N–H and O–H groups in total. The van der Waals surface area contributed by atoms with E-state index in [9.17, 15) is 18.0 Å². The minimum atomic E-state index is -1.07. The lowest BCUT2D eigenvalue weighted by molar-refractivity contribution is 0.103. The van der Waals surface area contributed by atoms with Crippen LogP contribution in [0.2, 0.25) is 5.02 Å². The molecule has 0 aliphatic rings. The molecule has 3 aromatic rings. The number of hydrogen-bond donors (Lipinski definition) is 1. The SMILES string of the molecule is O=C(Nc1ccc(F)c(F)c1)c1sc2cc(F)ccc2c1Cl. The third-order valence-electron chi connectivity index (χ3n) is 2.98. The number of halogens is 4. The normalized spacial score (nSPS) is 10.9. The van der Waals surface area contributed by atoms with E-state index in [4.69, 9.17) is 11.6 Å². The van der Waals surface area contributed by atoms with Gasteiger partial charge in [-0.3, -0.25) is 4.79 Å². The van der Waals surface area contributed by atoms with Crippen molar-refractivity contribution in [3.05, 3.63) is 63.7 Å². The van der Waals surface area contributed by atoms with E-state index in [0.29, 0.717) is 10.1 Å². The summed E-state index contributed by atoms with van der Waals surface area (Å²) in [6.45, 7) is 0. The van der Waals surface area contributed by atoms with Crippen LogP contribution in [0.3, 0.4) is 0 Å². The van der Waals surface area contributed by atoms with Gasteiger partial charge < -0.3 is 5.32 Å². The summed E-state index contributed by atoms with van der Waals surface area (Å²) in [4.78, 5) is 12.4. The fourth-order valence-electron chi connectivity index (χ4n) is 1.95. The zero-order chi connectivity index (χ0) is 15.9. The second kappa shape index (κ2) is 5.62. The number of anilines is 1. The van der Waals surface area contributed by atoms with Crippen molar-refractivity contribution in [3.8, 4) is 0 Å². The number of nitrogens with one attached hydrogen (secondary N) is 1. The van der Waals surface area contributed by atoms with Crippen molar-refractivity contribution in [1.29, 1.82) is 0 Å². The largest absolute Gasteiger partial charge is 0.321 e. The van der Waals surface area contributed by atoms with E-state index < -0.39 is 23.4 Å². The van der Waals surface area contributed by atoms with Gasteiger partial charge in [-0.05, 0) is 30.3 Å². The van der Waals surface area contributed by atoms with Crippen LogP contribution < -0.4 is 5.32 Å². The molecule has 3 rings (SSSR count). The average molecular weight is 342 g/mol. The van der Waals surface area contributed by atoms with E-state index >= 15 is 0 Å². The lowest BCUT2D eigenvalue weighted by Gasteiger charge is -2.04. The number of fused-ring (bicyclic) bond motifs is 1. The smallest absolute Gasteiger partial charge is 0.267 e. The number of carbonyl (C=O) groups excluding carboxylic acids is 1. The Morgan fingerprint density at radius 1 is 1.05 bits per heavy atom. The number of carbonyl (C=O) groups is 1. The van der Waals surface area contributed by atoms with Crippen LogP contribution in [0, 0.1) is 17.5 Å². The summed E-state index contributed by atoms with van der Waals surface area (Å²) in [6, 6.07) is 7.02. The summed E-state index contributed by atoms with van der Waals surface area (Å²) in [5, 5.41) is 3.18. The molecule has 2 nitrogen and oxygen atoms in total. The maximum absolute atomic E-state index is 13.2. The molecule has 1 heterocycles. The summed E-state index contributed by atoms with van der Waals surface area (Å²) in [6.07, 6.45) is 0. The molecule has 1 aromatic heterocycles. The van der Waals surface area contributed by atoms with Gasteiger partial charge in [-0.25, -0.2) is 13.2 Å². The van der Waals surface area contributed by atoms with E-state index in [1.807, 2.05) is 0 Å². The quantitative estimate of drug-likeness (QED) is 0.680. The molecular weight excluding hydrogens is 335 g/mol. The second-order valence-corrected chi connectivity index (χ2v) is 5.90. The predicted octanol–water partition coefficient (Wildman–Crippen LogP) is 5.22. The van der Waals surface area contributed by atoms with Crippen molar-refractivity contribution in [1.82, 2.24) is 0 Å². The van der Waals surface area contributed by atoms with E-state index in [2.05, 4.69) is 5.32 Å². The highest BCUT2D eigenvalue weighted by atomic mass is 35.5. The Bertz CT molecular complexity index is 894. The first-order valence-electron chi connectivity index (χ1n) is 6.09. The Morgan fingerprint density at radius 2 is 1.82 bits per heavy atom. The average Bonchev–Trinajstić information content (AvgIpc) is 2.79. The van der Waals surface area contributed by atoms with Crippen LogP contribution in [0.25, 0.3) is 10.1 Å². The molecule has 0 saturated carbocycles. The molecule has 1 amide bonds. The molecule has 22 heavy (non-hydrogen) atoms. The number of benzene rings is 2. The van der Waals surface area contributed by atoms with Gasteiger partial charge in [0.05, 0.1) is 5.02 Å². The van der Waals surface area contributed by atoms with Crippen molar-refractivity contribution in [2.45, 2.75) is 0 Å². The van der Waals surface area contributed by atoms with E-state index in [-0.39, 0.29) is 15.6 Å². The highest BCUT2D eigenvalue weighted by Gasteiger charge is 2.18. The van der Waals surface area contributed by atoms with Gasteiger partial charge in [0.2, 0.25) is 0 Å². The molecule has 0 radical (unpaired) electrons. The van der Waals surface area contributed by atoms with Gasteiger partial charge in [0.15, 0.2) is 11.6 Å². The van der Waals surface area contributed by atoms with Crippen LogP contribution in [-0.4, -0.2) is 5.91 Å². The minimum absolute atomic E-state index is 0.101. The third kappa shape index (κ3) is 2.67. The van der Waals surface area contributed by atoms with E-state index in [0.717, 1.165) is 23.5 Å². The zero-order valence-corrected chi connectivity index (χ0v) is 12.4. The third-order valence-corrected chi connectivity index (χ3v) is 4.63. The first-order chi connectivity index (χ1) is 10.5. The summed E-state index contributed by atoms with van der Waals surface area (Å²) < 4.78 is 39.7. The van der Waals surface area contributed by atoms with Crippen LogP contribution in [-0.2, 0) is 0 Å². The Labute approximate surface area is 132 Å². The molecule has 0 aliphatic heterocycles. The maximum Gasteiger partial charge on any atom is 0.267 e. The Balaban J connectivity index is 1.94. The molecule has 0 aliphatic carbocycles. The predicted molar refractivity (Wildman–Crippen MR) is 81.1 cm³/mol. The Hall–Kier alpha value is -2.05. The minimum Gasteiger partial charge on any atom is -0.321 e. The van der Waals surface area contributed by atoms with Crippen molar-refractivity contribution >= 4 is 44.6 Å². The molecule has 0 spiro atoms. The monoisotopic (exact) mass is 341 g/mol. The first kappa shape index (κ1) is 14.9. The molecule has 0 saturated heterocycles. The summed E-state index contributed by atoms with van der Waals surface area (Å²) >= 11 is 7.14. The Kier molecular flexibility index (Phi) is 3.80. The topological polar surface area (TPSA) is 29.1 Å². The van der Waals surface area contributed by atoms with Crippen LogP contribution in [0.15, 0.2) is 36.4 Å². The molecule has 0 unspecified atom stereocenters. The summed E-state index contributed by atoms with van der Waals surface area (Å²) in [7, 11) is 0. The first-order valence-corrected chi connectivity index (χ1v) is 7.29. The number of thiophene rings is 1. The molecule has 0 fully saturated rings. The fraction of sp³-hybridized carbons (Fsp3) is 0. The van der Waals surface area contributed by atoms with Crippen LogP contribution in [0.5, 0.6) is 0 Å². The van der Waals surface area contributed by atoms with Gasteiger partial charge >= 0.3 is 0 Å². The van der Waals surface area contributed by atoms with Crippen molar-refractivity contribution in [3.63, 3.8) is 0 Å². The molecule has 0 bridgehead atoms.